The summed E-state index contributed by atoms with van der Waals surface area (Å²) in [4.78, 5) is 9.11. The molecule has 0 spiro atoms. The highest BCUT2D eigenvalue weighted by atomic mass is 32.2. The minimum Gasteiger partial charge on any atom is -0.330 e. The van der Waals surface area contributed by atoms with Crippen molar-refractivity contribution < 1.29 is 8.42 Å². The Morgan fingerprint density at radius 2 is 1.90 bits per heavy atom. The zero-order valence-corrected chi connectivity index (χ0v) is 13.2. The molecule has 112 valence electrons. The van der Waals surface area contributed by atoms with Gasteiger partial charge in [-0.05, 0) is 44.7 Å². The van der Waals surface area contributed by atoms with Crippen molar-refractivity contribution in [3.8, 4) is 0 Å². The van der Waals surface area contributed by atoms with E-state index in [1.54, 1.807) is 0 Å². The molecular weight excluding hydrogens is 274 g/mol. The fraction of sp³-hybridized carbons (Fsp3) is 0.714. The Morgan fingerprint density at radius 1 is 1.30 bits per heavy atom. The Kier molecular flexibility index (Phi) is 4.44. The van der Waals surface area contributed by atoms with E-state index in [1.165, 1.54) is 0 Å². The Balaban J connectivity index is 2.26. The van der Waals surface area contributed by atoms with Gasteiger partial charge < -0.3 is 5.73 Å². The molecule has 1 aromatic rings. The predicted octanol–water partition coefficient (Wildman–Crippen LogP) is 1.13. The SMILES string of the molecule is Cc1nc(C2CCS(=O)(=O)C2)nc(C)c1CC(C)CN. The lowest BCUT2D eigenvalue weighted by Gasteiger charge is -2.16. The third-order valence-electron chi connectivity index (χ3n) is 3.99. The fourth-order valence-electron chi connectivity index (χ4n) is 2.67. The Labute approximate surface area is 120 Å². The highest BCUT2D eigenvalue weighted by Gasteiger charge is 2.31. The van der Waals surface area contributed by atoms with E-state index in [2.05, 4.69) is 16.9 Å². The van der Waals surface area contributed by atoms with E-state index in [-0.39, 0.29) is 17.4 Å². The first kappa shape index (κ1) is 15.4. The summed E-state index contributed by atoms with van der Waals surface area (Å²) in [7, 11) is -2.90. The lowest BCUT2D eigenvalue weighted by Crippen LogP contribution is -2.17. The maximum absolute atomic E-state index is 11.6. The van der Waals surface area contributed by atoms with Crippen LogP contribution in [0.4, 0.5) is 0 Å². The number of nitrogens with zero attached hydrogens (tertiary/aromatic N) is 2. The molecule has 1 aliphatic heterocycles. The molecule has 1 aliphatic rings. The van der Waals surface area contributed by atoms with Crippen molar-refractivity contribution in [2.75, 3.05) is 18.1 Å². The van der Waals surface area contributed by atoms with Crippen molar-refractivity contribution in [3.05, 3.63) is 22.8 Å². The maximum atomic E-state index is 11.6. The van der Waals surface area contributed by atoms with Gasteiger partial charge in [0.2, 0.25) is 0 Å². The second kappa shape index (κ2) is 5.77. The quantitative estimate of drug-likeness (QED) is 0.900. The van der Waals surface area contributed by atoms with Crippen LogP contribution in [0.1, 0.15) is 42.0 Å². The van der Waals surface area contributed by atoms with Gasteiger partial charge in [-0.15, -0.1) is 0 Å². The minimum atomic E-state index is -2.90. The largest absolute Gasteiger partial charge is 0.330 e. The van der Waals surface area contributed by atoms with Crippen LogP contribution in [0.5, 0.6) is 0 Å². The summed E-state index contributed by atoms with van der Waals surface area (Å²) in [5, 5.41) is 0. The molecule has 1 aromatic heterocycles. The first-order valence-corrected chi connectivity index (χ1v) is 8.89. The number of nitrogens with two attached hydrogens (primary N) is 1. The number of hydrogen-bond acceptors (Lipinski definition) is 5. The van der Waals surface area contributed by atoms with Gasteiger partial charge >= 0.3 is 0 Å². The average Bonchev–Trinajstić information content (AvgIpc) is 2.73. The van der Waals surface area contributed by atoms with Crippen LogP contribution in [0, 0.1) is 19.8 Å². The van der Waals surface area contributed by atoms with Crippen molar-refractivity contribution in [1.29, 1.82) is 0 Å². The van der Waals surface area contributed by atoms with Crippen molar-refractivity contribution in [2.24, 2.45) is 11.7 Å². The second-order valence-corrected chi connectivity index (χ2v) is 8.10. The van der Waals surface area contributed by atoms with Gasteiger partial charge in [0.25, 0.3) is 0 Å². The van der Waals surface area contributed by atoms with Crippen LogP contribution >= 0.6 is 0 Å². The van der Waals surface area contributed by atoms with Gasteiger partial charge in [-0.25, -0.2) is 18.4 Å². The topological polar surface area (TPSA) is 85.9 Å². The van der Waals surface area contributed by atoms with Gasteiger partial charge in [0.05, 0.1) is 11.5 Å². The Morgan fingerprint density at radius 3 is 2.35 bits per heavy atom. The number of hydrogen-bond donors (Lipinski definition) is 1. The predicted molar refractivity (Wildman–Crippen MR) is 79.4 cm³/mol. The maximum Gasteiger partial charge on any atom is 0.151 e. The van der Waals surface area contributed by atoms with Crippen molar-refractivity contribution >= 4 is 9.84 Å². The Bertz CT molecular complexity index is 575. The van der Waals surface area contributed by atoms with E-state index in [9.17, 15) is 8.42 Å². The van der Waals surface area contributed by atoms with E-state index in [0.717, 1.165) is 23.4 Å². The summed E-state index contributed by atoms with van der Waals surface area (Å²) in [6.45, 7) is 6.69. The smallest absolute Gasteiger partial charge is 0.151 e. The molecule has 1 fully saturated rings. The molecular formula is C14H23N3O2S. The van der Waals surface area contributed by atoms with E-state index >= 15 is 0 Å². The molecule has 2 rings (SSSR count). The molecule has 0 radical (unpaired) electrons. The van der Waals surface area contributed by atoms with Gasteiger partial charge in [-0.3, -0.25) is 0 Å². The average molecular weight is 297 g/mol. The summed E-state index contributed by atoms with van der Waals surface area (Å²) in [6, 6.07) is 0. The fourth-order valence-corrected chi connectivity index (χ4v) is 4.41. The molecule has 6 heteroatoms. The van der Waals surface area contributed by atoms with E-state index in [1.807, 2.05) is 13.8 Å². The third kappa shape index (κ3) is 3.35. The molecule has 0 amide bonds. The van der Waals surface area contributed by atoms with E-state index in [4.69, 9.17) is 5.73 Å². The molecule has 0 aliphatic carbocycles. The monoisotopic (exact) mass is 297 g/mol. The molecule has 2 N–H and O–H groups in total. The zero-order chi connectivity index (χ0) is 14.9. The molecule has 0 aromatic carbocycles. The molecule has 2 unspecified atom stereocenters. The molecule has 0 bridgehead atoms. The minimum absolute atomic E-state index is 0.0432. The van der Waals surface area contributed by atoms with Gasteiger partial charge in [-0.2, -0.15) is 0 Å². The van der Waals surface area contributed by atoms with Crippen molar-refractivity contribution in [1.82, 2.24) is 9.97 Å². The van der Waals surface area contributed by atoms with Gasteiger partial charge in [-0.1, -0.05) is 6.92 Å². The summed E-state index contributed by atoms with van der Waals surface area (Å²) in [5.74, 6) is 1.48. The molecule has 20 heavy (non-hydrogen) atoms. The van der Waals surface area contributed by atoms with Crippen LogP contribution in [0.25, 0.3) is 0 Å². The van der Waals surface area contributed by atoms with Crippen LogP contribution < -0.4 is 5.73 Å². The lowest BCUT2D eigenvalue weighted by atomic mass is 9.98. The number of rotatable bonds is 4. The molecule has 2 atom stereocenters. The normalized spacial score (nSPS) is 22.9. The van der Waals surface area contributed by atoms with Crippen molar-refractivity contribution in [2.45, 2.75) is 39.5 Å². The Hall–Kier alpha value is -1.01. The van der Waals surface area contributed by atoms with Crippen LogP contribution in [0.2, 0.25) is 0 Å². The van der Waals surface area contributed by atoms with Crippen LogP contribution in [-0.4, -0.2) is 36.4 Å². The first-order chi connectivity index (χ1) is 9.32. The summed E-state index contributed by atoms with van der Waals surface area (Å²) >= 11 is 0. The molecule has 1 saturated heterocycles. The van der Waals surface area contributed by atoms with Crippen LogP contribution in [0.15, 0.2) is 0 Å². The standard InChI is InChI=1S/C14H23N3O2S/c1-9(7-15)6-13-10(2)16-14(17-11(13)3)12-4-5-20(18,19)8-12/h9,12H,4-8,15H2,1-3H3. The summed E-state index contributed by atoms with van der Waals surface area (Å²) in [5.41, 5.74) is 8.73. The summed E-state index contributed by atoms with van der Waals surface area (Å²) < 4.78 is 23.1. The van der Waals surface area contributed by atoms with E-state index < -0.39 is 9.84 Å². The van der Waals surface area contributed by atoms with Crippen LogP contribution in [-0.2, 0) is 16.3 Å². The highest BCUT2D eigenvalue weighted by molar-refractivity contribution is 7.91. The van der Waals surface area contributed by atoms with Gasteiger partial charge in [0.15, 0.2) is 9.84 Å². The first-order valence-electron chi connectivity index (χ1n) is 7.07. The molecule has 2 heterocycles. The third-order valence-corrected chi connectivity index (χ3v) is 5.76. The number of aromatic nitrogens is 2. The highest BCUT2D eigenvalue weighted by Crippen LogP contribution is 2.28. The van der Waals surface area contributed by atoms with Crippen molar-refractivity contribution in [3.63, 3.8) is 0 Å². The number of sulfone groups is 1. The van der Waals surface area contributed by atoms with Gasteiger partial charge in [0, 0.05) is 17.3 Å². The molecule has 5 nitrogen and oxygen atoms in total. The van der Waals surface area contributed by atoms with Gasteiger partial charge in [0.1, 0.15) is 5.82 Å². The molecule has 0 saturated carbocycles. The summed E-state index contributed by atoms with van der Waals surface area (Å²) in [6.07, 6.45) is 1.51. The second-order valence-electron chi connectivity index (χ2n) is 5.88. The zero-order valence-electron chi connectivity index (χ0n) is 12.4. The van der Waals surface area contributed by atoms with Crippen LogP contribution in [0.3, 0.4) is 0 Å². The van der Waals surface area contributed by atoms with E-state index in [0.29, 0.717) is 24.7 Å². The lowest BCUT2D eigenvalue weighted by molar-refractivity contribution is 0.581. The number of aryl methyl sites for hydroxylation is 2.